The molecule has 4 nitrogen and oxygen atoms in total. The molecule has 0 unspecified atom stereocenters. The summed E-state index contributed by atoms with van der Waals surface area (Å²) in [7, 11) is 0. The minimum Gasteiger partial charge on any atom is -0.481 e. The van der Waals surface area contributed by atoms with Crippen LogP contribution in [0.4, 0.5) is 0 Å². The number of hydrogen-bond donors (Lipinski definition) is 0. The van der Waals surface area contributed by atoms with E-state index in [9.17, 15) is 4.79 Å². The van der Waals surface area contributed by atoms with Gasteiger partial charge in [0.2, 0.25) is 0 Å². The van der Waals surface area contributed by atoms with Crippen LogP contribution in [0.15, 0.2) is 17.1 Å². The van der Waals surface area contributed by atoms with Gasteiger partial charge in [0.1, 0.15) is 18.1 Å². The Labute approximate surface area is 101 Å². The van der Waals surface area contributed by atoms with Crippen molar-refractivity contribution in [2.24, 2.45) is 4.99 Å². The van der Waals surface area contributed by atoms with Crippen LogP contribution in [0, 0.1) is 12.3 Å². The quantitative estimate of drug-likeness (QED) is 0.440. The summed E-state index contributed by atoms with van der Waals surface area (Å²) in [6.07, 6.45) is 7.37. The first-order valence-corrected chi connectivity index (χ1v) is 5.22. The average Bonchev–Trinajstić information content (AvgIpc) is 2.33. The van der Waals surface area contributed by atoms with E-state index in [-0.39, 0.29) is 12.6 Å². The highest BCUT2D eigenvalue weighted by molar-refractivity contribution is 5.81. The molecular formula is C13H14N2O2. The Bertz CT molecular complexity index is 459. The maximum absolute atomic E-state index is 10.7. The van der Waals surface area contributed by atoms with Crippen molar-refractivity contribution in [3.05, 3.63) is 23.5 Å². The number of terminal acetylenes is 1. The van der Waals surface area contributed by atoms with Crippen molar-refractivity contribution < 1.29 is 9.53 Å². The first kappa shape index (κ1) is 12.9. The summed E-state index contributed by atoms with van der Waals surface area (Å²) in [5, 5.41) is 0. The van der Waals surface area contributed by atoms with Crippen LogP contribution in [0.5, 0.6) is 5.75 Å². The van der Waals surface area contributed by atoms with Crippen LogP contribution in [0.1, 0.15) is 30.0 Å². The number of carbonyl (C=O) groups excluding carboxylic acids is 1. The second-order valence-electron chi connectivity index (χ2n) is 3.64. The topological polar surface area (TPSA) is 51.5 Å². The predicted molar refractivity (Wildman–Crippen MR) is 66.7 cm³/mol. The number of pyridine rings is 1. The largest absolute Gasteiger partial charge is 0.481 e. The van der Waals surface area contributed by atoms with Crippen molar-refractivity contribution >= 4 is 12.5 Å². The summed E-state index contributed by atoms with van der Waals surface area (Å²) in [5.41, 5.74) is 0.875. The lowest BCUT2D eigenvalue weighted by atomic mass is 10.3. The molecule has 88 valence electrons. The fraction of sp³-hybridized carbons (Fsp3) is 0.308. The van der Waals surface area contributed by atoms with E-state index < -0.39 is 0 Å². The summed E-state index contributed by atoms with van der Waals surface area (Å²) in [6, 6.07) is 3.40. The van der Waals surface area contributed by atoms with Gasteiger partial charge in [-0.05, 0) is 13.8 Å². The average molecular weight is 230 g/mol. The highest BCUT2D eigenvalue weighted by atomic mass is 16.5. The van der Waals surface area contributed by atoms with Crippen molar-refractivity contribution in [2.75, 3.05) is 6.61 Å². The molecule has 0 saturated heterocycles. The molecule has 1 aromatic heterocycles. The Kier molecular flexibility index (Phi) is 4.89. The summed E-state index contributed by atoms with van der Waals surface area (Å²) < 4.78 is 5.25. The zero-order valence-electron chi connectivity index (χ0n) is 9.88. The Morgan fingerprint density at radius 1 is 1.53 bits per heavy atom. The van der Waals surface area contributed by atoms with Gasteiger partial charge in [0, 0.05) is 24.4 Å². The van der Waals surface area contributed by atoms with Gasteiger partial charge in [0.05, 0.1) is 5.69 Å². The van der Waals surface area contributed by atoms with Crippen LogP contribution in [0.3, 0.4) is 0 Å². The molecule has 0 aliphatic rings. The molecule has 0 spiro atoms. The van der Waals surface area contributed by atoms with Gasteiger partial charge in [0.15, 0.2) is 6.29 Å². The Balaban J connectivity index is 2.97. The molecule has 0 fully saturated rings. The molecular weight excluding hydrogens is 216 g/mol. The molecule has 0 N–H and O–H groups in total. The number of hydrogen-bond acceptors (Lipinski definition) is 4. The Morgan fingerprint density at radius 3 is 2.82 bits per heavy atom. The SMILES string of the molecule is C#CCOc1cc(C=O)nc(C=NC(C)C)c1. The van der Waals surface area contributed by atoms with Crippen LogP contribution in [-0.2, 0) is 0 Å². The Morgan fingerprint density at radius 2 is 2.24 bits per heavy atom. The van der Waals surface area contributed by atoms with Gasteiger partial charge in [-0.2, -0.15) is 0 Å². The molecule has 1 aromatic rings. The van der Waals surface area contributed by atoms with Crippen LogP contribution in [0.25, 0.3) is 0 Å². The first-order chi connectivity index (χ1) is 8.15. The minimum absolute atomic E-state index is 0.156. The van der Waals surface area contributed by atoms with Crippen molar-refractivity contribution in [2.45, 2.75) is 19.9 Å². The monoisotopic (exact) mass is 230 g/mol. The molecule has 0 radical (unpaired) electrons. The number of nitrogens with zero attached hydrogens (tertiary/aromatic N) is 2. The zero-order valence-corrected chi connectivity index (χ0v) is 9.88. The Hall–Kier alpha value is -2.15. The van der Waals surface area contributed by atoms with Crippen molar-refractivity contribution in [3.8, 4) is 18.1 Å². The summed E-state index contributed by atoms with van der Waals surface area (Å²) in [6.45, 7) is 4.06. The van der Waals surface area contributed by atoms with Crippen molar-refractivity contribution in [1.29, 1.82) is 0 Å². The highest BCUT2D eigenvalue weighted by Gasteiger charge is 2.01. The molecule has 0 bridgehead atoms. The third-order valence-electron chi connectivity index (χ3n) is 1.79. The van der Waals surface area contributed by atoms with Gasteiger partial charge in [0.25, 0.3) is 0 Å². The fourth-order valence-electron chi connectivity index (χ4n) is 1.11. The fourth-order valence-corrected chi connectivity index (χ4v) is 1.11. The van der Waals surface area contributed by atoms with E-state index in [1.807, 2.05) is 13.8 Å². The van der Waals surface area contributed by atoms with E-state index >= 15 is 0 Å². The number of carbonyl (C=O) groups is 1. The molecule has 1 rings (SSSR count). The molecule has 0 aliphatic heterocycles. The standard InChI is InChI=1S/C13H14N2O2/c1-4-5-17-13-6-11(8-14-10(2)3)15-12(7-13)9-16/h1,6-10H,5H2,2-3H3. The van der Waals surface area contributed by atoms with Crippen LogP contribution in [-0.4, -0.2) is 30.1 Å². The number of aldehydes is 1. The summed E-state index contributed by atoms with van der Waals surface area (Å²) >= 11 is 0. The van der Waals surface area contributed by atoms with Crippen LogP contribution < -0.4 is 4.74 Å². The smallest absolute Gasteiger partial charge is 0.168 e. The van der Waals surface area contributed by atoms with Gasteiger partial charge in [-0.1, -0.05) is 5.92 Å². The molecule has 0 aromatic carbocycles. The highest BCUT2D eigenvalue weighted by Crippen LogP contribution is 2.12. The summed E-state index contributed by atoms with van der Waals surface area (Å²) in [5.74, 6) is 2.88. The van der Waals surface area contributed by atoms with Gasteiger partial charge >= 0.3 is 0 Å². The second-order valence-corrected chi connectivity index (χ2v) is 3.64. The number of aliphatic imine (C=N–C) groups is 1. The molecule has 1 heterocycles. The normalized spacial score (nSPS) is 10.5. The van der Waals surface area contributed by atoms with Crippen molar-refractivity contribution in [1.82, 2.24) is 4.98 Å². The minimum atomic E-state index is 0.156. The maximum Gasteiger partial charge on any atom is 0.168 e. The van der Waals surface area contributed by atoms with E-state index in [1.165, 1.54) is 6.07 Å². The van der Waals surface area contributed by atoms with E-state index in [0.29, 0.717) is 23.4 Å². The predicted octanol–water partition coefficient (Wildman–Crippen LogP) is 1.73. The lowest BCUT2D eigenvalue weighted by Gasteiger charge is -2.04. The number of ether oxygens (including phenoxy) is 1. The molecule has 0 atom stereocenters. The molecule has 0 aliphatic carbocycles. The van der Waals surface area contributed by atoms with Gasteiger partial charge in [-0.3, -0.25) is 9.79 Å². The van der Waals surface area contributed by atoms with Crippen LogP contribution >= 0.6 is 0 Å². The zero-order chi connectivity index (χ0) is 12.7. The third-order valence-corrected chi connectivity index (χ3v) is 1.79. The second kappa shape index (κ2) is 6.44. The molecule has 0 amide bonds. The molecule has 0 saturated carbocycles. The van der Waals surface area contributed by atoms with E-state index in [4.69, 9.17) is 11.2 Å². The summed E-state index contributed by atoms with van der Waals surface area (Å²) in [4.78, 5) is 19.0. The van der Waals surface area contributed by atoms with E-state index in [0.717, 1.165) is 0 Å². The molecule has 4 heteroatoms. The van der Waals surface area contributed by atoms with Gasteiger partial charge in [-0.25, -0.2) is 4.98 Å². The van der Waals surface area contributed by atoms with Gasteiger partial charge in [-0.15, -0.1) is 6.42 Å². The van der Waals surface area contributed by atoms with Crippen molar-refractivity contribution in [3.63, 3.8) is 0 Å². The number of rotatable bonds is 5. The first-order valence-electron chi connectivity index (χ1n) is 5.22. The third kappa shape index (κ3) is 4.47. The van der Waals surface area contributed by atoms with E-state index in [2.05, 4.69) is 15.9 Å². The van der Waals surface area contributed by atoms with Crippen LogP contribution in [0.2, 0.25) is 0 Å². The molecule has 17 heavy (non-hydrogen) atoms. The lowest BCUT2D eigenvalue weighted by Crippen LogP contribution is -2.00. The maximum atomic E-state index is 10.7. The lowest BCUT2D eigenvalue weighted by molar-refractivity contribution is 0.111. The van der Waals surface area contributed by atoms with E-state index in [1.54, 1.807) is 12.3 Å². The number of aromatic nitrogens is 1. The van der Waals surface area contributed by atoms with Gasteiger partial charge < -0.3 is 4.74 Å².